The van der Waals surface area contributed by atoms with Gasteiger partial charge in [-0.3, -0.25) is 4.98 Å². The highest BCUT2D eigenvalue weighted by atomic mass is 35.5. The van der Waals surface area contributed by atoms with Crippen molar-refractivity contribution in [3.05, 3.63) is 36.2 Å². The van der Waals surface area contributed by atoms with Gasteiger partial charge in [0.25, 0.3) is 0 Å². The average molecular weight is 237 g/mol. The van der Waals surface area contributed by atoms with Crippen LogP contribution in [0.2, 0.25) is 0 Å². The van der Waals surface area contributed by atoms with Gasteiger partial charge in [0.15, 0.2) is 0 Å². The normalized spacial score (nSPS) is 27.9. The van der Waals surface area contributed by atoms with Gasteiger partial charge in [-0.25, -0.2) is 0 Å². The number of rotatable bonds is 1. The van der Waals surface area contributed by atoms with E-state index in [-0.39, 0.29) is 12.4 Å². The van der Waals surface area contributed by atoms with Crippen molar-refractivity contribution in [2.45, 2.75) is 12.8 Å². The van der Waals surface area contributed by atoms with E-state index in [0.717, 1.165) is 18.4 Å². The molecule has 3 heteroatoms. The highest BCUT2D eigenvalue weighted by molar-refractivity contribution is 5.85. The van der Waals surface area contributed by atoms with E-state index in [4.69, 9.17) is 0 Å². The fraction of sp³-hybridized carbons (Fsp3) is 0.462. The maximum absolute atomic E-state index is 4.20. The second-order valence-corrected chi connectivity index (χ2v) is 4.66. The largest absolute Gasteiger partial charge is 0.316 e. The van der Waals surface area contributed by atoms with Gasteiger partial charge in [0.05, 0.1) is 0 Å². The summed E-state index contributed by atoms with van der Waals surface area (Å²) < 4.78 is 0. The van der Waals surface area contributed by atoms with Gasteiger partial charge in [-0.05, 0) is 48.4 Å². The molecule has 2 heterocycles. The molecule has 2 nitrogen and oxygen atoms in total. The van der Waals surface area contributed by atoms with Crippen LogP contribution in [0.5, 0.6) is 0 Å². The molecule has 0 amide bonds. The van der Waals surface area contributed by atoms with Crippen molar-refractivity contribution in [1.82, 2.24) is 10.3 Å². The first-order valence-corrected chi connectivity index (χ1v) is 5.73. The molecule has 3 rings (SSSR count). The Morgan fingerprint density at radius 3 is 3.00 bits per heavy atom. The van der Waals surface area contributed by atoms with Crippen LogP contribution in [0, 0.1) is 11.8 Å². The number of aromatic nitrogens is 1. The van der Waals surface area contributed by atoms with Gasteiger partial charge < -0.3 is 5.32 Å². The highest BCUT2D eigenvalue weighted by Crippen LogP contribution is 2.34. The lowest BCUT2D eigenvalue weighted by Gasteiger charge is -2.34. The second-order valence-electron chi connectivity index (χ2n) is 4.66. The lowest BCUT2D eigenvalue weighted by atomic mass is 9.78. The van der Waals surface area contributed by atoms with Crippen molar-refractivity contribution >= 4 is 18.0 Å². The molecule has 2 atom stereocenters. The summed E-state index contributed by atoms with van der Waals surface area (Å²) in [5.41, 5.74) is 2.82. The molecule has 0 unspecified atom stereocenters. The minimum atomic E-state index is 0. The van der Waals surface area contributed by atoms with E-state index in [0.29, 0.717) is 0 Å². The molecule has 1 aromatic rings. The van der Waals surface area contributed by atoms with E-state index < -0.39 is 0 Å². The Labute approximate surface area is 103 Å². The summed E-state index contributed by atoms with van der Waals surface area (Å²) in [6, 6.07) is 4.20. The van der Waals surface area contributed by atoms with Crippen molar-refractivity contribution in [1.29, 1.82) is 0 Å². The van der Waals surface area contributed by atoms with Crippen LogP contribution in [-0.2, 0) is 0 Å². The van der Waals surface area contributed by atoms with Gasteiger partial charge in [0.1, 0.15) is 0 Å². The summed E-state index contributed by atoms with van der Waals surface area (Å²) in [7, 11) is 0. The zero-order chi connectivity index (χ0) is 10.1. The quantitative estimate of drug-likeness (QED) is 0.811. The number of hydrogen-bond acceptors (Lipinski definition) is 2. The zero-order valence-electron chi connectivity index (χ0n) is 9.23. The second kappa shape index (κ2) is 4.98. The van der Waals surface area contributed by atoms with E-state index in [9.17, 15) is 0 Å². The third-order valence-corrected chi connectivity index (χ3v) is 3.45. The molecule has 1 aromatic heterocycles. The predicted molar refractivity (Wildman–Crippen MR) is 68.5 cm³/mol. The lowest BCUT2D eigenvalue weighted by molar-refractivity contribution is 0.317. The van der Waals surface area contributed by atoms with Gasteiger partial charge >= 0.3 is 0 Å². The molecule has 0 radical (unpaired) electrons. The number of nitrogens with zero attached hydrogens (tertiary/aromatic N) is 1. The zero-order valence-corrected chi connectivity index (χ0v) is 10.0. The van der Waals surface area contributed by atoms with Crippen LogP contribution in [0.15, 0.2) is 30.6 Å². The van der Waals surface area contributed by atoms with Gasteiger partial charge in [-0.1, -0.05) is 12.1 Å². The minimum absolute atomic E-state index is 0. The summed E-state index contributed by atoms with van der Waals surface area (Å²) in [5, 5.41) is 3.50. The molecule has 16 heavy (non-hydrogen) atoms. The Hall–Kier alpha value is -0.860. The molecule has 1 aliphatic heterocycles. The third kappa shape index (κ3) is 2.28. The van der Waals surface area contributed by atoms with Crippen molar-refractivity contribution in [3.8, 4) is 0 Å². The molecule has 1 fully saturated rings. The van der Waals surface area contributed by atoms with Crippen LogP contribution < -0.4 is 5.32 Å². The molecule has 2 aliphatic rings. The molecular formula is C13H17ClN2. The maximum atomic E-state index is 4.20. The number of allylic oxidation sites excluding steroid dienone is 1. The van der Waals surface area contributed by atoms with Crippen LogP contribution in [0.4, 0.5) is 0 Å². The first-order chi connectivity index (χ1) is 7.42. The SMILES string of the molecule is C1=C(c2cccnc2)C[C@H]2CNC[C@@H]1C2.Cl. The Balaban J connectivity index is 0.000000963. The Kier molecular flexibility index (Phi) is 3.62. The Morgan fingerprint density at radius 1 is 1.31 bits per heavy atom. The number of nitrogens with one attached hydrogen (secondary N) is 1. The molecule has 1 N–H and O–H groups in total. The molecule has 0 saturated carbocycles. The van der Waals surface area contributed by atoms with E-state index in [1.54, 1.807) is 0 Å². The molecule has 86 valence electrons. The smallest absolute Gasteiger partial charge is 0.0342 e. The van der Waals surface area contributed by atoms with E-state index in [1.807, 2.05) is 18.5 Å². The number of hydrogen-bond donors (Lipinski definition) is 1. The topological polar surface area (TPSA) is 24.9 Å². The molecular weight excluding hydrogens is 220 g/mol. The van der Waals surface area contributed by atoms with Crippen LogP contribution in [0.1, 0.15) is 18.4 Å². The lowest BCUT2D eigenvalue weighted by Crippen LogP contribution is -2.37. The average Bonchev–Trinajstić information content (AvgIpc) is 2.30. The standard InChI is InChI=1S/C13H16N2.ClH/c1-2-12(9-14-3-1)13-5-10-4-11(6-13)8-15-7-10;/h1-3,5,9-11,15H,4,6-8H2;1H/t10-,11+;/m1./s1. The molecule has 0 spiro atoms. The maximum Gasteiger partial charge on any atom is 0.0342 e. The summed E-state index contributed by atoms with van der Waals surface area (Å²) in [6.45, 7) is 2.34. The first kappa shape index (κ1) is 11.6. The van der Waals surface area contributed by atoms with Crippen molar-refractivity contribution < 1.29 is 0 Å². The molecule has 0 aromatic carbocycles. The highest BCUT2D eigenvalue weighted by Gasteiger charge is 2.26. The Morgan fingerprint density at radius 2 is 2.25 bits per heavy atom. The molecule has 1 aliphatic carbocycles. The number of pyridine rings is 1. The third-order valence-electron chi connectivity index (χ3n) is 3.45. The van der Waals surface area contributed by atoms with E-state index in [2.05, 4.69) is 22.4 Å². The van der Waals surface area contributed by atoms with Gasteiger partial charge in [0.2, 0.25) is 0 Å². The summed E-state index contributed by atoms with van der Waals surface area (Å²) in [6.07, 6.45) is 8.86. The van der Waals surface area contributed by atoms with Crippen molar-refractivity contribution in [2.75, 3.05) is 13.1 Å². The van der Waals surface area contributed by atoms with Crippen LogP contribution >= 0.6 is 12.4 Å². The molecule has 2 bridgehead atoms. The van der Waals surface area contributed by atoms with Crippen LogP contribution in [-0.4, -0.2) is 18.1 Å². The summed E-state index contributed by atoms with van der Waals surface area (Å²) in [4.78, 5) is 4.20. The van der Waals surface area contributed by atoms with Crippen molar-refractivity contribution in [3.63, 3.8) is 0 Å². The number of halogens is 1. The van der Waals surface area contributed by atoms with E-state index >= 15 is 0 Å². The van der Waals surface area contributed by atoms with Crippen LogP contribution in [0.3, 0.4) is 0 Å². The summed E-state index contributed by atoms with van der Waals surface area (Å²) in [5.74, 6) is 1.58. The van der Waals surface area contributed by atoms with Crippen molar-refractivity contribution in [2.24, 2.45) is 11.8 Å². The monoisotopic (exact) mass is 236 g/mol. The predicted octanol–water partition coefficient (Wildman–Crippen LogP) is 2.52. The molecule has 1 saturated heterocycles. The minimum Gasteiger partial charge on any atom is -0.316 e. The summed E-state index contributed by atoms with van der Waals surface area (Å²) >= 11 is 0. The van der Waals surface area contributed by atoms with Gasteiger partial charge in [0, 0.05) is 18.9 Å². The fourth-order valence-corrected chi connectivity index (χ4v) is 2.78. The van der Waals surface area contributed by atoms with E-state index in [1.165, 1.54) is 30.5 Å². The van der Waals surface area contributed by atoms with Gasteiger partial charge in [-0.2, -0.15) is 0 Å². The van der Waals surface area contributed by atoms with Gasteiger partial charge in [-0.15, -0.1) is 12.4 Å². The number of fused-ring (bicyclic) bond motifs is 2. The van der Waals surface area contributed by atoms with Crippen LogP contribution in [0.25, 0.3) is 5.57 Å². The first-order valence-electron chi connectivity index (χ1n) is 5.73. The Bertz CT molecular complexity index is 375. The number of piperidine rings is 1. The fourth-order valence-electron chi connectivity index (χ4n) is 2.78.